The highest BCUT2D eigenvalue weighted by Crippen LogP contribution is 2.21. The molecule has 0 saturated carbocycles. The fraction of sp³-hybridized carbons (Fsp3) is 0.111. The second-order valence-corrected chi connectivity index (χ2v) is 3.38. The molecule has 0 aliphatic heterocycles. The molecule has 4 heteroatoms. The molecule has 0 atom stereocenters. The normalized spacial score (nSPS) is 10.2. The molecule has 0 aliphatic rings. The maximum Gasteiger partial charge on any atom is 0.338 e. The highest BCUT2D eigenvalue weighted by atomic mass is 32.1. The second kappa shape index (κ2) is 3.14. The summed E-state index contributed by atoms with van der Waals surface area (Å²) in [6.45, 7) is 0. The molecular weight excluding hydrogens is 186 g/mol. The Morgan fingerprint density at radius 1 is 1.54 bits per heavy atom. The van der Waals surface area contributed by atoms with Gasteiger partial charge in [-0.2, -0.15) is 0 Å². The Hall–Kier alpha value is -1.42. The summed E-state index contributed by atoms with van der Waals surface area (Å²) >= 11 is 1.51. The molecule has 2 aromatic heterocycles. The van der Waals surface area contributed by atoms with E-state index in [1.54, 1.807) is 12.3 Å². The van der Waals surface area contributed by atoms with Crippen molar-refractivity contribution >= 4 is 27.5 Å². The Labute approximate surface area is 79.0 Å². The van der Waals surface area contributed by atoms with E-state index in [-0.39, 0.29) is 5.97 Å². The predicted molar refractivity (Wildman–Crippen MR) is 51.0 cm³/mol. The van der Waals surface area contributed by atoms with Crippen LogP contribution in [0.3, 0.4) is 0 Å². The van der Waals surface area contributed by atoms with Gasteiger partial charge in [0.1, 0.15) is 4.83 Å². The summed E-state index contributed by atoms with van der Waals surface area (Å²) < 4.78 is 4.65. The zero-order valence-electron chi connectivity index (χ0n) is 6.98. The maximum absolute atomic E-state index is 11.3. The summed E-state index contributed by atoms with van der Waals surface area (Å²) in [6.07, 6.45) is 1.62. The van der Waals surface area contributed by atoms with Crippen molar-refractivity contribution in [3.63, 3.8) is 0 Å². The summed E-state index contributed by atoms with van der Waals surface area (Å²) in [5, 5.41) is 2.77. The van der Waals surface area contributed by atoms with Crippen LogP contribution in [0.1, 0.15) is 10.4 Å². The molecule has 0 aliphatic carbocycles. The number of thiophene rings is 1. The lowest BCUT2D eigenvalue weighted by atomic mass is 10.2. The number of esters is 1. The number of fused-ring (bicyclic) bond motifs is 1. The van der Waals surface area contributed by atoms with Crippen LogP contribution in [0.25, 0.3) is 10.2 Å². The van der Waals surface area contributed by atoms with E-state index in [1.165, 1.54) is 18.4 Å². The summed E-state index contributed by atoms with van der Waals surface area (Å²) in [5.74, 6) is -0.314. The monoisotopic (exact) mass is 193 g/mol. The minimum Gasteiger partial charge on any atom is -0.465 e. The summed E-state index contributed by atoms with van der Waals surface area (Å²) in [6, 6.07) is 3.54. The van der Waals surface area contributed by atoms with Gasteiger partial charge in [0.25, 0.3) is 0 Å². The highest BCUT2D eigenvalue weighted by Gasteiger charge is 2.10. The van der Waals surface area contributed by atoms with Crippen LogP contribution in [-0.2, 0) is 4.74 Å². The first-order valence-electron chi connectivity index (χ1n) is 3.73. The average molecular weight is 193 g/mol. The van der Waals surface area contributed by atoms with E-state index in [9.17, 15) is 4.79 Å². The molecule has 0 bridgehead atoms. The number of aromatic nitrogens is 1. The number of rotatable bonds is 1. The van der Waals surface area contributed by atoms with Crippen LogP contribution in [0.2, 0.25) is 0 Å². The quantitative estimate of drug-likeness (QED) is 0.651. The number of carbonyl (C=O) groups excluding carboxylic acids is 1. The Bertz CT molecular complexity index is 450. The molecule has 2 heterocycles. The third kappa shape index (κ3) is 1.29. The molecular formula is C9H7NO2S. The van der Waals surface area contributed by atoms with E-state index in [1.807, 2.05) is 11.4 Å². The van der Waals surface area contributed by atoms with Crippen molar-refractivity contribution in [2.45, 2.75) is 0 Å². The zero-order chi connectivity index (χ0) is 9.26. The van der Waals surface area contributed by atoms with E-state index in [0.717, 1.165) is 10.2 Å². The van der Waals surface area contributed by atoms with Crippen molar-refractivity contribution in [3.8, 4) is 0 Å². The second-order valence-electron chi connectivity index (χ2n) is 2.49. The van der Waals surface area contributed by atoms with Gasteiger partial charge in [-0.25, -0.2) is 9.78 Å². The first-order valence-corrected chi connectivity index (χ1v) is 4.61. The first kappa shape index (κ1) is 8.19. The molecule has 0 saturated heterocycles. The van der Waals surface area contributed by atoms with Gasteiger partial charge in [-0.15, -0.1) is 11.3 Å². The van der Waals surface area contributed by atoms with Crippen LogP contribution in [0, 0.1) is 0 Å². The van der Waals surface area contributed by atoms with Crippen LogP contribution >= 0.6 is 11.3 Å². The highest BCUT2D eigenvalue weighted by molar-refractivity contribution is 7.16. The van der Waals surface area contributed by atoms with Gasteiger partial charge in [-0.3, -0.25) is 0 Å². The number of methoxy groups -OCH3 is 1. The molecule has 0 unspecified atom stereocenters. The lowest BCUT2D eigenvalue weighted by Gasteiger charge is -1.98. The molecule has 3 nitrogen and oxygen atoms in total. The van der Waals surface area contributed by atoms with Crippen molar-refractivity contribution in [1.29, 1.82) is 0 Å². The number of hydrogen-bond acceptors (Lipinski definition) is 4. The van der Waals surface area contributed by atoms with Crippen molar-refractivity contribution in [2.24, 2.45) is 0 Å². The van der Waals surface area contributed by atoms with E-state index in [0.29, 0.717) is 5.56 Å². The summed E-state index contributed by atoms with van der Waals surface area (Å²) in [7, 11) is 1.38. The SMILES string of the molecule is COC(=O)c1ccnc2sccc12. The molecule has 2 rings (SSSR count). The molecule has 66 valence electrons. The maximum atomic E-state index is 11.3. The van der Waals surface area contributed by atoms with Gasteiger partial charge < -0.3 is 4.74 Å². The Morgan fingerprint density at radius 2 is 2.38 bits per heavy atom. The van der Waals surface area contributed by atoms with E-state index < -0.39 is 0 Å². The van der Waals surface area contributed by atoms with Crippen LogP contribution in [0.15, 0.2) is 23.7 Å². The molecule has 0 radical (unpaired) electrons. The zero-order valence-corrected chi connectivity index (χ0v) is 7.80. The van der Waals surface area contributed by atoms with Crippen LogP contribution in [-0.4, -0.2) is 18.1 Å². The standard InChI is InChI=1S/C9H7NO2S/c1-12-9(11)7-2-4-10-8-6(7)3-5-13-8/h2-5H,1H3. The first-order chi connectivity index (χ1) is 6.33. The van der Waals surface area contributed by atoms with E-state index >= 15 is 0 Å². The van der Waals surface area contributed by atoms with Gasteiger partial charge in [-0.1, -0.05) is 0 Å². The number of ether oxygens (including phenoxy) is 1. The fourth-order valence-electron chi connectivity index (χ4n) is 1.16. The third-order valence-electron chi connectivity index (χ3n) is 1.77. The number of hydrogen-bond donors (Lipinski definition) is 0. The molecule has 0 aromatic carbocycles. The minimum absolute atomic E-state index is 0.314. The van der Waals surface area contributed by atoms with Gasteiger partial charge in [-0.05, 0) is 17.5 Å². The van der Waals surface area contributed by atoms with Crippen molar-refractivity contribution in [1.82, 2.24) is 4.98 Å². The average Bonchev–Trinajstić information content (AvgIpc) is 2.63. The van der Waals surface area contributed by atoms with Crippen LogP contribution in [0.4, 0.5) is 0 Å². The van der Waals surface area contributed by atoms with Crippen molar-refractivity contribution in [3.05, 3.63) is 29.3 Å². The smallest absolute Gasteiger partial charge is 0.338 e. The third-order valence-corrected chi connectivity index (χ3v) is 2.59. The molecule has 0 spiro atoms. The number of carbonyl (C=O) groups is 1. The van der Waals surface area contributed by atoms with Gasteiger partial charge in [0.2, 0.25) is 0 Å². The van der Waals surface area contributed by atoms with E-state index in [4.69, 9.17) is 0 Å². The number of pyridine rings is 1. The van der Waals surface area contributed by atoms with Crippen LogP contribution < -0.4 is 0 Å². The van der Waals surface area contributed by atoms with E-state index in [2.05, 4.69) is 9.72 Å². The number of nitrogens with zero attached hydrogens (tertiary/aromatic N) is 1. The van der Waals surface area contributed by atoms with Gasteiger partial charge in [0, 0.05) is 11.6 Å². The molecule has 0 fully saturated rings. The fourth-order valence-corrected chi connectivity index (χ4v) is 1.92. The Morgan fingerprint density at radius 3 is 3.15 bits per heavy atom. The van der Waals surface area contributed by atoms with Gasteiger partial charge >= 0.3 is 5.97 Å². The predicted octanol–water partition coefficient (Wildman–Crippen LogP) is 2.08. The molecule has 0 N–H and O–H groups in total. The lowest BCUT2D eigenvalue weighted by Crippen LogP contribution is -2.01. The Kier molecular flexibility index (Phi) is 1.98. The minimum atomic E-state index is -0.314. The summed E-state index contributed by atoms with van der Waals surface area (Å²) in [4.78, 5) is 16.3. The molecule has 0 amide bonds. The van der Waals surface area contributed by atoms with Crippen molar-refractivity contribution < 1.29 is 9.53 Å². The topological polar surface area (TPSA) is 39.2 Å². The largest absolute Gasteiger partial charge is 0.465 e. The van der Waals surface area contributed by atoms with Gasteiger partial charge in [0.05, 0.1) is 12.7 Å². The molecule has 2 aromatic rings. The lowest BCUT2D eigenvalue weighted by molar-refractivity contribution is 0.0603. The van der Waals surface area contributed by atoms with Crippen LogP contribution in [0.5, 0.6) is 0 Å². The molecule has 13 heavy (non-hydrogen) atoms. The summed E-state index contributed by atoms with van der Waals surface area (Å²) in [5.41, 5.74) is 0.578. The van der Waals surface area contributed by atoms with Crippen molar-refractivity contribution in [2.75, 3.05) is 7.11 Å². The Balaban J connectivity index is 2.67. The van der Waals surface area contributed by atoms with Gasteiger partial charge in [0.15, 0.2) is 0 Å².